The van der Waals surface area contributed by atoms with Gasteiger partial charge in [-0.3, -0.25) is 9.80 Å². The number of pyridine rings is 1. The Kier molecular flexibility index (Phi) is 4.45. The summed E-state index contributed by atoms with van der Waals surface area (Å²) in [6.45, 7) is 3.51. The molecule has 0 spiro atoms. The third-order valence-electron chi connectivity index (χ3n) is 7.96. The molecule has 2 N–H and O–H groups in total. The van der Waals surface area contributed by atoms with Gasteiger partial charge in [0.15, 0.2) is 0 Å². The van der Waals surface area contributed by atoms with Gasteiger partial charge in [-0.2, -0.15) is 9.49 Å². The topological polar surface area (TPSA) is 86.5 Å². The molecule has 1 aromatic carbocycles. The number of rotatable bonds is 4. The van der Waals surface area contributed by atoms with Crippen LogP contribution in [0, 0.1) is 24.7 Å². The van der Waals surface area contributed by atoms with Crippen LogP contribution in [-0.2, 0) is 4.79 Å². The lowest BCUT2D eigenvalue weighted by atomic mass is 9.91. The zero-order valence-corrected chi connectivity index (χ0v) is 19.9. The number of piperidine rings is 1. The Bertz CT molecular complexity index is 1510. The van der Waals surface area contributed by atoms with Crippen LogP contribution in [0.5, 0.6) is 0 Å². The Balaban J connectivity index is 1.26. The molecule has 2 unspecified atom stereocenters. The van der Waals surface area contributed by atoms with Gasteiger partial charge < -0.3 is 10.0 Å². The molecule has 0 bridgehead atoms. The van der Waals surface area contributed by atoms with Crippen LogP contribution in [0.3, 0.4) is 0 Å². The standard InChI is InChI=1S/C27H25FN6O2/c1-14-5-3-7-17-24(16-6-4-8-20-23(16)26(28)32(2)30-20)31-34(25(14)17)15-9-10-21(29-11-15)33-12-18-19(13-33)22(18)27(35)36/h3-11,18-20,22,30H,12-13H2,1-2H3,(H,35,36)/t18-,19+,20?,22?. The summed E-state index contributed by atoms with van der Waals surface area (Å²) in [7, 11) is 1.67. The normalized spacial score (nSPS) is 26.5. The minimum Gasteiger partial charge on any atom is -0.481 e. The number of fused-ring (bicyclic) bond motifs is 3. The Morgan fingerprint density at radius 3 is 2.72 bits per heavy atom. The molecule has 4 atom stereocenters. The first-order valence-electron chi connectivity index (χ1n) is 12.1. The number of hydrazine groups is 1. The van der Waals surface area contributed by atoms with Crippen molar-refractivity contribution in [2.45, 2.75) is 13.0 Å². The number of hydrogen-bond acceptors (Lipinski definition) is 6. The molecule has 9 heteroatoms. The molecule has 36 heavy (non-hydrogen) atoms. The van der Waals surface area contributed by atoms with E-state index < -0.39 is 5.97 Å². The summed E-state index contributed by atoms with van der Waals surface area (Å²) < 4.78 is 17.0. The van der Waals surface area contributed by atoms with Crippen molar-refractivity contribution in [3.05, 3.63) is 77.5 Å². The Morgan fingerprint density at radius 1 is 1.19 bits per heavy atom. The lowest BCUT2D eigenvalue weighted by molar-refractivity contribution is -0.139. The van der Waals surface area contributed by atoms with Crippen LogP contribution in [0.1, 0.15) is 11.3 Å². The fraction of sp³-hybridized carbons (Fsp3) is 0.296. The average Bonchev–Trinajstić information content (AvgIpc) is 3.16. The zero-order chi connectivity index (χ0) is 24.7. The van der Waals surface area contributed by atoms with Gasteiger partial charge in [-0.15, -0.1) is 0 Å². The molecule has 2 fully saturated rings. The Hall–Kier alpha value is -3.98. The zero-order valence-electron chi connectivity index (χ0n) is 19.9. The molecular formula is C27H25FN6O2. The number of carboxylic acid groups (broad SMARTS) is 1. The van der Waals surface area contributed by atoms with Crippen LogP contribution >= 0.6 is 0 Å². The van der Waals surface area contributed by atoms with Crippen molar-refractivity contribution >= 4 is 28.3 Å². The van der Waals surface area contributed by atoms with E-state index in [1.165, 1.54) is 5.01 Å². The van der Waals surface area contributed by atoms with Gasteiger partial charge in [0.05, 0.1) is 29.4 Å². The number of hydrogen-bond donors (Lipinski definition) is 2. The minimum atomic E-state index is -0.685. The van der Waals surface area contributed by atoms with E-state index in [-0.39, 0.29) is 29.7 Å². The first-order chi connectivity index (χ1) is 17.4. The molecule has 1 saturated heterocycles. The summed E-state index contributed by atoms with van der Waals surface area (Å²) >= 11 is 0. The van der Waals surface area contributed by atoms with Crippen LogP contribution in [-0.4, -0.2) is 57.0 Å². The highest BCUT2D eigenvalue weighted by Gasteiger charge is 2.60. The molecule has 4 aliphatic rings. The molecule has 3 aromatic rings. The molecule has 0 radical (unpaired) electrons. The number of aromatic nitrogens is 3. The van der Waals surface area contributed by atoms with Crippen molar-refractivity contribution in [1.82, 2.24) is 25.2 Å². The predicted molar refractivity (Wildman–Crippen MR) is 134 cm³/mol. The lowest BCUT2D eigenvalue weighted by Gasteiger charge is -2.20. The molecule has 8 nitrogen and oxygen atoms in total. The number of para-hydroxylation sites is 1. The van der Waals surface area contributed by atoms with E-state index in [9.17, 15) is 9.90 Å². The number of halogens is 1. The van der Waals surface area contributed by atoms with Crippen LogP contribution in [0.15, 0.2) is 66.3 Å². The molecule has 2 aliphatic heterocycles. The number of carboxylic acids is 1. The summed E-state index contributed by atoms with van der Waals surface area (Å²) in [5, 5.41) is 16.6. The highest BCUT2D eigenvalue weighted by atomic mass is 19.1. The molecule has 182 valence electrons. The number of aryl methyl sites for hydroxylation is 1. The Labute approximate surface area is 207 Å². The van der Waals surface area contributed by atoms with E-state index in [1.54, 1.807) is 13.2 Å². The quantitative estimate of drug-likeness (QED) is 0.549. The van der Waals surface area contributed by atoms with Crippen molar-refractivity contribution in [2.24, 2.45) is 17.8 Å². The number of nitrogens with zero attached hydrogens (tertiary/aromatic N) is 5. The number of allylic oxidation sites excluding steroid dienone is 2. The smallest absolute Gasteiger partial charge is 0.307 e. The minimum absolute atomic E-state index is 0.198. The van der Waals surface area contributed by atoms with Crippen LogP contribution in [0.4, 0.5) is 10.2 Å². The highest BCUT2D eigenvalue weighted by molar-refractivity contribution is 5.98. The molecule has 7 rings (SSSR count). The van der Waals surface area contributed by atoms with E-state index in [0.29, 0.717) is 5.57 Å². The maximum atomic E-state index is 15.1. The maximum Gasteiger partial charge on any atom is 0.307 e. The van der Waals surface area contributed by atoms with E-state index in [2.05, 4.69) is 10.3 Å². The van der Waals surface area contributed by atoms with E-state index in [1.807, 2.05) is 60.2 Å². The van der Waals surface area contributed by atoms with Crippen LogP contribution in [0.2, 0.25) is 0 Å². The number of benzene rings is 1. The maximum absolute atomic E-state index is 15.1. The van der Waals surface area contributed by atoms with Gasteiger partial charge in [0.25, 0.3) is 0 Å². The largest absolute Gasteiger partial charge is 0.481 e. The van der Waals surface area contributed by atoms with Crippen molar-refractivity contribution in [1.29, 1.82) is 0 Å². The third-order valence-corrected chi connectivity index (χ3v) is 7.96. The summed E-state index contributed by atoms with van der Waals surface area (Å²) in [6, 6.07) is 9.80. The van der Waals surface area contributed by atoms with E-state index >= 15 is 4.39 Å². The van der Waals surface area contributed by atoms with Gasteiger partial charge >= 0.3 is 5.97 Å². The predicted octanol–water partition coefficient (Wildman–Crippen LogP) is 3.45. The summed E-state index contributed by atoms with van der Waals surface area (Å²) in [6.07, 6.45) is 7.61. The molecule has 1 saturated carbocycles. The molecule has 0 amide bonds. The summed E-state index contributed by atoms with van der Waals surface area (Å²) in [5.74, 6) is 0.116. The average molecular weight is 485 g/mol. The molecule has 4 heterocycles. The Morgan fingerprint density at radius 2 is 2.00 bits per heavy atom. The second-order valence-electron chi connectivity index (χ2n) is 10.0. The number of anilines is 1. The van der Waals surface area contributed by atoms with Crippen molar-refractivity contribution in [3.63, 3.8) is 0 Å². The van der Waals surface area contributed by atoms with Crippen molar-refractivity contribution < 1.29 is 14.3 Å². The number of carbonyl (C=O) groups is 1. The monoisotopic (exact) mass is 484 g/mol. The van der Waals surface area contributed by atoms with Gasteiger partial charge in [0.1, 0.15) is 11.5 Å². The number of aliphatic carboxylic acids is 1. The van der Waals surface area contributed by atoms with Gasteiger partial charge in [-0.05, 0) is 36.5 Å². The highest BCUT2D eigenvalue weighted by Crippen LogP contribution is 2.52. The second kappa shape index (κ2) is 7.51. The summed E-state index contributed by atoms with van der Waals surface area (Å²) in [4.78, 5) is 18.1. The van der Waals surface area contributed by atoms with Gasteiger partial charge in [-0.1, -0.05) is 36.4 Å². The van der Waals surface area contributed by atoms with Crippen molar-refractivity contribution in [2.75, 3.05) is 25.0 Å². The van der Waals surface area contributed by atoms with Crippen molar-refractivity contribution in [3.8, 4) is 5.69 Å². The molecular weight excluding hydrogens is 459 g/mol. The van der Waals surface area contributed by atoms with E-state index in [0.717, 1.165) is 52.3 Å². The summed E-state index contributed by atoms with van der Waals surface area (Å²) in [5.41, 5.74) is 8.05. The SMILES string of the molecule is Cc1cccc2c(C3=CC=CC4NN(C)C(F)=C34)nn(-c3ccc(N4C[C@@H]5C(C(=O)O)[C@@H]5C4)nc3)c12. The van der Waals surface area contributed by atoms with E-state index in [4.69, 9.17) is 10.1 Å². The second-order valence-corrected chi connectivity index (χ2v) is 10.0. The lowest BCUT2D eigenvalue weighted by Crippen LogP contribution is -2.33. The van der Waals surface area contributed by atoms with Gasteiger partial charge in [-0.25, -0.2) is 15.1 Å². The molecule has 2 aromatic heterocycles. The van der Waals surface area contributed by atoms with Gasteiger partial charge in [0.2, 0.25) is 5.95 Å². The fourth-order valence-electron chi connectivity index (χ4n) is 6.11. The van der Waals surface area contributed by atoms with Crippen LogP contribution in [0.25, 0.3) is 22.2 Å². The molecule has 2 aliphatic carbocycles. The fourth-order valence-corrected chi connectivity index (χ4v) is 6.11. The van der Waals surface area contributed by atoms with Gasteiger partial charge in [0, 0.05) is 36.7 Å². The first-order valence-corrected chi connectivity index (χ1v) is 12.1. The first kappa shape index (κ1) is 21.3. The van der Waals surface area contributed by atoms with Crippen LogP contribution < -0.4 is 10.3 Å². The third kappa shape index (κ3) is 2.99. The number of nitrogens with one attached hydrogen (secondary N) is 1.